The van der Waals surface area contributed by atoms with Crippen molar-refractivity contribution in [1.82, 2.24) is 10.2 Å². The van der Waals surface area contributed by atoms with E-state index in [-0.39, 0.29) is 23.9 Å². The van der Waals surface area contributed by atoms with Crippen LogP contribution in [0.3, 0.4) is 0 Å². The number of hydrogen-bond donors (Lipinski definition) is 1. The van der Waals surface area contributed by atoms with E-state index >= 15 is 0 Å². The third-order valence-electron chi connectivity index (χ3n) is 5.00. The Balaban J connectivity index is 1.76. The van der Waals surface area contributed by atoms with Gasteiger partial charge in [0.05, 0.1) is 0 Å². The lowest BCUT2D eigenvalue weighted by atomic mass is 9.98. The molecule has 2 unspecified atom stereocenters. The van der Waals surface area contributed by atoms with Crippen LogP contribution in [0.2, 0.25) is 0 Å². The van der Waals surface area contributed by atoms with Gasteiger partial charge in [-0.1, -0.05) is 6.92 Å². The first-order valence-electron chi connectivity index (χ1n) is 7.17. The van der Waals surface area contributed by atoms with E-state index in [1.165, 1.54) is 12.8 Å². The molecule has 0 spiro atoms. The minimum Gasteiger partial charge on any atom is -0.342 e. The highest BCUT2D eigenvalue weighted by molar-refractivity contribution is 5.97. The Labute approximate surface area is 108 Å². The number of hydrogen-bond acceptors (Lipinski definition) is 2. The van der Waals surface area contributed by atoms with E-state index in [0.717, 1.165) is 25.8 Å². The maximum atomic E-state index is 12.5. The van der Waals surface area contributed by atoms with Gasteiger partial charge in [-0.25, -0.2) is 0 Å². The van der Waals surface area contributed by atoms with Crippen molar-refractivity contribution in [3.63, 3.8) is 0 Å². The number of piperazine rings is 1. The predicted molar refractivity (Wildman–Crippen MR) is 67.8 cm³/mol. The number of amides is 2. The van der Waals surface area contributed by atoms with Crippen LogP contribution in [0.1, 0.15) is 46.0 Å². The molecule has 2 atom stereocenters. The molecular weight excluding hydrogens is 228 g/mol. The second kappa shape index (κ2) is 3.97. The molecule has 2 aliphatic carbocycles. The van der Waals surface area contributed by atoms with E-state index in [2.05, 4.69) is 12.2 Å². The number of carbonyl (C=O) groups excluding carboxylic acids is 2. The Morgan fingerprint density at radius 3 is 2.50 bits per heavy atom. The summed E-state index contributed by atoms with van der Waals surface area (Å²) < 4.78 is 0. The van der Waals surface area contributed by atoms with Crippen molar-refractivity contribution in [2.24, 2.45) is 11.3 Å². The fourth-order valence-electron chi connectivity index (χ4n) is 2.97. The van der Waals surface area contributed by atoms with Gasteiger partial charge in [0.2, 0.25) is 11.8 Å². The molecule has 2 amide bonds. The maximum Gasteiger partial charge on any atom is 0.246 e. The van der Waals surface area contributed by atoms with Gasteiger partial charge in [-0.05, 0) is 50.4 Å². The summed E-state index contributed by atoms with van der Waals surface area (Å²) in [5.41, 5.74) is 0.315. The molecule has 1 saturated heterocycles. The van der Waals surface area contributed by atoms with E-state index in [0.29, 0.717) is 11.3 Å². The molecule has 2 saturated carbocycles. The molecule has 100 valence electrons. The number of nitrogens with zero attached hydrogens (tertiary/aromatic N) is 1. The van der Waals surface area contributed by atoms with Crippen LogP contribution in [0.15, 0.2) is 0 Å². The zero-order valence-electron chi connectivity index (χ0n) is 11.2. The average Bonchev–Trinajstić information content (AvgIpc) is 3.24. The zero-order valence-corrected chi connectivity index (χ0v) is 11.2. The first kappa shape index (κ1) is 12.0. The molecule has 3 aliphatic rings. The van der Waals surface area contributed by atoms with Crippen LogP contribution >= 0.6 is 0 Å². The van der Waals surface area contributed by atoms with E-state index < -0.39 is 0 Å². The minimum absolute atomic E-state index is 0.0263. The van der Waals surface area contributed by atoms with Gasteiger partial charge < -0.3 is 10.2 Å². The zero-order chi connectivity index (χ0) is 12.9. The SMILES string of the molecule is CCC1(CN2C(=O)C(C3CC3)NC(=O)C2C)CC1. The first-order chi connectivity index (χ1) is 8.56. The molecule has 3 fully saturated rings. The molecule has 0 aromatic rings. The molecule has 4 heteroatoms. The van der Waals surface area contributed by atoms with Gasteiger partial charge in [-0.2, -0.15) is 0 Å². The monoisotopic (exact) mass is 250 g/mol. The summed E-state index contributed by atoms with van der Waals surface area (Å²) in [5.74, 6) is 0.580. The van der Waals surface area contributed by atoms with Gasteiger partial charge in [0.1, 0.15) is 12.1 Å². The van der Waals surface area contributed by atoms with Gasteiger partial charge in [0.25, 0.3) is 0 Å². The van der Waals surface area contributed by atoms with Crippen molar-refractivity contribution >= 4 is 11.8 Å². The van der Waals surface area contributed by atoms with Crippen molar-refractivity contribution in [2.75, 3.05) is 6.54 Å². The van der Waals surface area contributed by atoms with Gasteiger partial charge in [-0.15, -0.1) is 0 Å². The lowest BCUT2D eigenvalue weighted by molar-refractivity contribution is -0.150. The van der Waals surface area contributed by atoms with Crippen LogP contribution in [0.4, 0.5) is 0 Å². The number of carbonyl (C=O) groups is 2. The quantitative estimate of drug-likeness (QED) is 0.817. The van der Waals surface area contributed by atoms with E-state index in [1.54, 1.807) is 0 Å². The van der Waals surface area contributed by atoms with Crippen molar-refractivity contribution in [3.05, 3.63) is 0 Å². The largest absolute Gasteiger partial charge is 0.342 e. The topological polar surface area (TPSA) is 49.4 Å². The highest BCUT2D eigenvalue weighted by Crippen LogP contribution is 2.49. The molecule has 3 rings (SSSR count). The van der Waals surface area contributed by atoms with Crippen molar-refractivity contribution in [2.45, 2.75) is 58.0 Å². The van der Waals surface area contributed by atoms with Crippen LogP contribution in [0, 0.1) is 11.3 Å². The Kier molecular flexibility index (Phi) is 2.65. The number of rotatable bonds is 4. The summed E-state index contributed by atoms with van der Waals surface area (Å²) in [4.78, 5) is 26.3. The summed E-state index contributed by atoms with van der Waals surface area (Å²) in [6.45, 7) is 4.81. The third-order valence-corrected chi connectivity index (χ3v) is 5.00. The third kappa shape index (κ3) is 1.91. The average molecular weight is 250 g/mol. The summed E-state index contributed by atoms with van der Waals surface area (Å²) >= 11 is 0. The molecule has 4 nitrogen and oxygen atoms in total. The molecule has 0 aromatic carbocycles. The molecule has 18 heavy (non-hydrogen) atoms. The Hall–Kier alpha value is -1.06. The van der Waals surface area contributed by atoms with Gasteiger partial charge in [-0.3, -0.25) is 9.59 Å². The second-order valence-corrected chi connectivity index (χ2v) is 6.32. The second-order valence-electron chi connectivity index (χ2n) is 6.32. The highest BCUT2D eigenvalue weighted by atomic mass is 16.2. The summed E-state index contributed by atoms with van der Waals surface area (Å²) in [6.07, 6.45) is 5.68. The molecule has 0 bridgehead atoms. The normalized spacial score (nSPS) is 34.4. The van der Waals surface area contributed by atoms with Crippen LogP contribution < -0.4 is 5.32 Å². The molecule has 0 radical (unpaired) electrons. The smallest absolute Gasteiger partial charge is 0.246 e. The maximum absolute atomic E-state index is 12.5. The summed E-state index contributed by atoms with van der Waals surface area (Å²) in [7, 11) is 0. The van der Waals surface area contributed by atoms with Crippen molar-refractivity contribution in [1.29, 1.82) is 0 Å². The highest BCUT2D eigenvalue weighted by Gasteiger charge is 2.50. The molecule has 0 aromatic heterocycles. The fraction of sp³-hybridized carbons (Fsp3) is 0.857. The summed E-state index contributed by atoms with van der Waals surface area (Å²) in [5, 5.41) is 2.90. The minimum atomic E-state index is -0.295. The van der Waals surface area contributed by atoms with Crippen LogP contribution in [-0.2, 0) is 9.59 Å². The van der Waals surface area contributed by atoms with Crippen LogP contribution in [-0.4, -0.2) is 35.3 Å². The predicted octanol–water partition coefficient (Wildman–Crippen LogP) is 1.30. The lowest BCUT2D eigenvalue weighted by Crippen LogP contribution is -2.63. The Bertz CT molecular complexity index is 385. The first-order valence-corrected chi connectivity index (χ1v) is 7.17. The Morgan fingerprint density at radius 1 is 1.33 bits per heavy atom. The van der Waals surface area contributed by atoms with E-state index in [9.17, 15) is 9.59 Å². The van der Waals surface area contributed by atoms with Gasteiger partial charge >= 0.3 is 0 Å². The van der Waals surface area contributed by atoms with E-state index in [4.69, 9.17) is 0 Å². The molecule has 1 aliphatic heterocycles. The molecule has 1 heterocycles. The van der Waals surface area contributed by atoms with Crippen LogP contribution in [0.25, 0.3) is 0 Å². The molecular formula is C14H22N2O2. The molecule has 1 N–H and O–H groups in total. The number of nitrogens with one attached hydrogen (secondary N) is 1. The summed E-state index contributed by atoms with van der Waals surface area (Å²) in [6, 6.07) is -0.530. The van der Waals surface area contributed by atoms with E-state index in [1.807, 2.05) is 11.8 Å². The van der Waals surface area contributed by atoms with Crippen molar-refractivity contribution < 1.29 is 9.59 Å². The standard InChI is InChI=1S/C14H22N2O2/c1-3-14(6-7-14)8-16-9(2)12(17)15-11(13(16)18)10-4-5-10/h9-11H,3-8H2,1-2H3,(H,15,17). The fourth-order valence-corrected chi connectivity index (χ4v) is 2.97. The van der Waals surface area contributed by atoms with Gasteiger partial charge in [0, 0.05) is 6.54 Å². The van der Waals surface area contributed by atoms with Gasteiger partial charge in [0.15, 0.2) is 0 Å². The Morgan fingerprint density at radius 2 is 2.00 bits per heavy atom. The van der Waals surface area contributed by atoms with Crippen LogP contribution in [0.5, 0.6) is 0 Å². The lowest BCUT2D eigenvalue weighted by Gasteiger charge is -2.39. The van der Waals surface area contributed by atoms with Crippen molar-refractivity contribution in [3.8, 4) is 0 Å².